The van der Waals surface area contributed by atoms with Gasteiger partial charge in [0.2, 0.25) is 0 Å². The van der Waals surface area contributed by atoms with Gasteiger partial charge in [-0.25, -0.2) is 4.79 Å². The molecule has 2 amide bonds. The Balaban J connectivity index is 2.32. The topological polar surface area (TPSA) is 49.6 Å². The van der Waals surface area contributed by atoms with Crippen LogP contribution in [0.3, 0.4) is 0 Å². The summed E-state index contributed by atoms with van der Waals surface area (Å²) in [6.07, 6.45) is 0. The van der Waals surface area contributed by atoms with E-state index in [-0.39, 0.29) is 6.03 Å². The van der Waals surface area contributed by atoms with Gasteiger partial charge in [-0.2, -0.15) is 0 Å². The van der Waals surface area contributed by atoms with Crippen LogP contribution in [0.5, 0.6) is 0 Å². The molecule has 2 N–H and O–H groups in total. The number of rotatable bonds is 4. The van der Waals surface area contributed by atoms with Gasteiger partial charge in [-0.3, -0.25) is 4.90 Å². The van der Waals surface area contributed by atoms with E-state index in [2.05, 4.69) is 26.0 Å². The quantitative estimate of drug-likeness (QED) is 0.865. The van der Waals surface area contributed by atoms with Crippen LogP contribution in [0.15, 0.2) is 48.5 Å². The first-order valence-electron chi connectivity index (χ1n) is 7.81. The lowest BCUT2D eigenvalue weighted by Gasteiger charge is -2.27. The van der Waals surface area contributed by atoms with Gasteiger partial charge in [-0.05, 0) is 41.3 Å². The van der Waals surface area contributed by atoms with E-state index in [1.54, 1.807) is 23.9 Å². The first-order valence-corrected chi connectivity index (χ1v) is 7.81. The SMILES string of the molecule is CC(C)c1ccc(N(Cc2cccc(N)c2)C(=O)N(C)C)cc1. The summed E-state index contributed by atoms with van der Waals surface area (Å²) >= 11 is 0. The van der Waals surface area contributed by atoms with Gasteiger partial charge >= 0.3 is 6.03 Å². The summed E-state index contributed by atoms with van der Waals surface area (Å²) in [5, 5.41) is 0. The van der Waals surface area contributed by atoms with Gasteiger partial charge < -0.3 is 10.6 Å². The van der Waals surface area contributed by atoms with Crippen LogP contribution in [0.2, 0.25) is 0 Å². The van der Waals surface area contributed by atoms with Crippen LogP contribution in [-0.2, 0) is 6.54 Å². The molecule has 0 unspecified atom stereocenters. The molecule has 122 valence electrons. The largest absolute Gasteiger partial charge is 0.399 e. The maximum atomic E-state index is 12.6. The number of urea groups is 1. The van der Waals surface area contributed by atoms with E-state index in [9.17, 15) is 4.79 Å². The van der Waals surface area contributed by atoms with Crippen molar-refractivity contribution in [3.05, 3.63) is 59.7 Å². The standard InChI is InChI=1S/C19H25N3O/c1-14(2)16-8-10-18(11-9-16)22(19(23)21(3)4)13-15-6-5-7-17(20)12-15/h5-12,14H,13,20H2,1-4H3. The van der Waals surface area contributed by atoms with Gasteiger partial charge in [0.05, 0.1) is 6.54 Å². The number of anilines is 2. The molecule has 4 heteroatoms. The highest BCUT2D eigenvalue weighted by Crippen LogP contribution is 2.23. The predicted molar refractivity (Wildman–Crippen MR) is 96.7 cm³/mol. The highest BCUT2D eigenvalue weighted by Gasteiger charge is 2.18. The van der Waals surface area contributed by atoms with Crippen molar-refractivity contribution in [2.75, 3.05) is 24.7 Å². The van der Waals surface area contributed by atoms with Crippen molar-refractivity contribution in [1.29, 1.82) is 0 Å². The Morgan fingerprint density at radius 1 is 1.09 bits per heavy atom. The van der Waals surface area contributed by atoms with Crippen molar-refractivity contribution in [2.24, 2.45) is 0 Å². The fourth-order valence-electron chi connectivity index (χ4n) is 2.42. The Kier molecular flexibility index (Phi) is 5.27. The second-order valence-electron chi connectivity index (χ2n) is 6.25. The molecule has 2 rings (SSSR count). The third-order valence-corrected chi connectivity index (χ3v) is 3.78. The van der Waals surface area contributed by atoms with Gasteiger partial charge in [0.15, 0.2) is 0 Å². The van der Waals surface area contributed by atoms with Gasteiger partial charge in [0.1, 0.15) is 0 Å². The normalized spacial score (nSPS) is 10.7. The number of amides is 2. The lowest BCUT2D eigenvalue weighted by atomic mass is 10.0. The van der Waals surface area contributed by atoms with Gasteiger partial charge in [0, 0.05) is 25.5 Å². The molecule has 0 aromatic heterocycles. The molecule has 2 aromatic carbocycles. The summed E-state index contributed by atoms with van der Waals surface area (Å²) in [5.41, 5.74) is 9.70. The molecule has 0 aliphatic carbocycles. The van der Waals surface area contributed by atoms with Crippen LogP contribution in [-0.4, -0.2) is 25.0 Å². The monoisotopic (exact) mass is 311 g/mol. The molecule has 0 spiro atoms. The molecule has 0 bridgehead atoms. The van der Waals surface area contributed by atoms with Crippen LogP contribution in [0.1, 0.15) is 30.9 Å². The Morgan fingerprint density at radius 3 is 2.26 bits per heavy atom. The molecule has 0 aliphatic heterocycles. The average molecular weight is 311 g/mol. The average Bonchev–Trinajstić information content (AvgIpc) is 2.52. The van der Waals surface area contributed by atoms with Crippen molar-refractivity contribution in [2.45, 2.75) is 26.3 Å². The zero-order chi connectivity index (χ0) is 17.0. The van der Waals surface area contributed by atoms with E-state index in [0.29, 0.717) is 18.2 Å². The molecule has 0 fully saturated rings. The minimum Gasteiger partial charge on any atom is -0.399 e. The zero-order valence-electron chi connectivity index (χ0n) is 14.3. The molecule has 0 aliphatic rings. The Hall–Kier alpha value is -2.49. The maximum Gasteiger partial charge on any atom is 0.324 e. The number of nitrogen functional groups attached to an aromatic ring is 1. The number of nitrogens with two attached hydrogens (primary N) is 1. The Bertz CT molecular complexity index is 663. The smallest absolute Gasteiger partial charge is 0.324 e. The van der Waals surface area contributed by atoms with E-state index in [4.69, 9.17) is 5.73 Å². The van der Waals surface area contributed by atoms with Gasteiger partial charge in [-0.1, -0.05) is 38.1 Å². The maximum absolute atomic E-state index is 12.6. The molecule has 0 saturated carbocycles. The number of carbonyl (C=O) groups excluding carboxylic acids is 1. The van der Waals surface area contributed by atoms with Crippen molar-refractivity contribution in [1.82, 2.24) is 4.90 Å². The predicted octanol–water partition coefficient (Wildman–Crippen LogP) is 4.08. The number of hydrogen-bond acceptors (Lipinski definition) is 2. The summed E-state index contributed by atoms with van der Waals surface area (Å²) in [6.45, 7) is 4.80. The Morgan fingerprint density at radius 2 is 1.74 bits per heavy atom. The van der Waals surface area contributed by atoms with Crippen LogP contribution in [0, 0.1) is 0 Å². The highest BCUT2D eigenvalue weighted by molar-refractivity contribution is 5.91. The van der Waals surface area contributed by atoms with Gasteiger partial charge in [-0.15, -0.1) is 0 Å². The Labute approximate surface area is 138 Å². The molecule has 23 heavy (non-hydrogen) atoms. The van der Waals surface area contributed by atoms with Crippen molar-refractivity contribution >= 4 is 17.4 Å². The number of benzene rings is 2. The first-order chi connectivity index (χ1) is 10.9. The van der Waals surface area contributed by atoms with E-state index >= 15 is 0 Å². The van der Waals surface area contributed by atoms with E-state index in [0.717, 1.165) is 11.3 Å². The number of carbonyl (C=O) groups is 1. The van der Waals surface area contributed by atoms with E-state index in [1.807, 2.05) is 36.4 Å². The number of hydrogen-bond donors (Lipinski definition) is 1. The van der Waals surface area contributed by atoms with Crippen LogP contribution < -0.4 is 10.6 Å². The first kappa shape index (κ1) is 16.9. The minimum absolute atomic E-state index is 0.0512. The lowest BCUT2D eigenvalue weighted by Crippen LogP contribution is -2.38. The second kappa shape index (κ2) is 7.18. The lowest BCUT2D eigenvalue weighted by molar-refractivity contribution is 0.223. The summed E-state index contributed by atoms with van der Waals surface area (Å²) in [5.74, 6) is 0.468. The molecule has 4 nitrogen and oxygen atoms in total. The highest BCUT2D eigenvalue weighted by atomic mass is 16.2. The zero-order valence-corrected chi connectivity index (χ0v) is 14.3. The summed E-state index contributed by atoms with van der Waals surface area (Å²) in [4.78, 5) is 15.9. The van der Waals surface area contributed by atoms with Crippen molar-refractivity contribution in [3.8, 4) is 0 Å². The molecular formula is C19H25N3O. The third-order valence-electron chi connectivity index (χ3n) is 3.78. The molecular weight excluding hydrogens is 286 g/mol. The van der Waals surface area contributed by atoms with E-state index < -0.39 is 0 Å². The summed E-state index contributed by atoms with van der Waals surface area (Å²) in [7, 11) is 3.52. The summed E-state index contributed by atoms with van der Waals surface area (Å²) in [6, 6.07) is 15.7. The fourth-order valence-corrected chi connectivity index (χ4v) is 2.42. The van der Waals surface area contributed by atoms with Crippen molar-refractivity contribution in [3.63, 3.8) is 0 Å². The second-order valence-corrected chi connectivity index (χ2v) is 6.25. The summed E-state index contributed by atoms with van der Waals surface area (Å²) < 4.78 is 0. The molecule has 0 radical (unpaired) electrons. The van der Waals surface area contributed by atoms with Crippen molar-refractivity contribution < 1.29 is 4.79 Å². The van der Waals surface area contributed by atoms with Crippen LogP contribution in [0.4, 0.5) is 16.2 Å². The fraction of sp³-hybridized carbons (Fsp3) is 0.316. The molecule has 0 heterocycles. The third kappa shape index (κ3) is 4.25. The van der Waals surface area contributed by atoms with Crippen LogP contribution >= 0.6 is 0 Å². The number of nitrogens with zero attached hydrogens (tertiary/aromatic N) is 2. The molecule has 0 atom stereocenters. The van der Waals surface area contributed by atoms with Gasteiger partial charge in [0.25, 0.3) is 0 Å². The van der Waals surface area contributed by atoms with E-state index in [1.165, 1.54) is 5.56 Å². The molecule has 2 aromatic rings. The molecule has 0 saturated heterocycles. The van der Waals surface area contributed by atoms with Crippen LogP contribution in [0.25, 0.3) is 0 Å². The minimum atomic E-state index is -0.0512.